The number of hydrogen-bond acceptors (Lipinski definition) is 2. The minimum atomic E-state index is 0.858. The summed E-state index contributed by atoms with van der Waals surface area (Å²) in [6.45, 7) is 1.72. The van der Waals surface area contributed by atoms with Crippen LogP contribution in [0.15, 0.2) is 0 Å². The Balaban J connectivity index is 3.20. The molecule has 0 spiro atoms. The largest absolute Gasteiger partial charge is 0.330 e. The molecule has 0 aromatic rings. The highest BCUT2D eigenvalue weighted by Gasteiger charge is 1.94. The van der Waals surface area contributed by atoms with Crippen LogP contribution in [0.5, 0.6) is 0 Å². The maximum Gasteiger partial charge on any atom is 0.00989 e. The van der Waals surface area contributed by atoms with Crippen LogP contribution in [0.2, 0.25) is 0 Å². The molecule has 0 rings (SSSR count). The van der Waals surface area contributed by atoms with Crippen LogP contribution in [0.25, 0.3) is 0 Å². The molecular weight excluding hydrogens is 412 g/mol. The lowest BCUT2D eigenvalue weighted by atomic mass is 10.0. The first-order valence-corrected chi connectivity index (χ1v) is 15.3. The van der Waals surface area contributed by atoms with Gasteiger partial charge < -0.3 is 11.5 Å². The van der Waals surface area contributed by atoms with Crippen molar-refractivity contribution in [2.75, 3.05) is 13.1 Å². The first-order valence-electron chi connectivity index (χ1n) is 15.3. The zero-order valence-electron chi connectivity index (χ0n) is 23.0. The summed E-state index contributed by atoms with van der Waals surface area (Å²) in [5.41, 5.74) is 11.0. The summed E-state index contributed by atoms with van der Waals surface area (Å²) in [6.07, 6.45) is 34.7. The quantitative estimate of drug-likeness (QED) is 0.0974. The Morgan fingerprint density at radius 1 is 0.265 bits per heavy atom. The number of nitrogens with two attached hydrogens (primary N) is 2. The molecular formula is C32H60N2. The lowest BCUT2D eigenvalue weighted by Gasteiger charge is -2.02. The van der Waals surface area contributed by atoms with Gasteiger partial charge >= 0.3 is 0 Å². The van der Waals surface area contributed by atoms with Gasteiger partial charge in [-0.3, -0.25) is 0 Å². The zero-order valence-corrected chi connectivity index (χ0v) is 23.0. The molecule has 198 valence electrons. The van der Waals surface area contributed by atoms with Gasteiger partial charge in [0.1, 0.15) is 0 Å². The van der Waals surface area contributed by atoms with E-state index in [1.807, 2.05) is 0 Å². The predicted molar refractivity (Wildman–Crippen MR) is 154 cm³/mol. The Kier molecular flexibility index (Phi) is 31.1. The lowest BCUT2D eigenvalue weighted by Crippen LogP contribution is -1.97. The molecule has 0 amide bonds. The van der Waals surface area contributed by atoms with Crippen molar-refractivity contribution < 1.29 is 0 Å². The molecule has 0 aliphatic rings. The molecule has 2 heteroatoms. The van der Waals surface area contributed by atoms with Gasteiger partial charge in [-0.05, 0) is 50.6 Å². The Morgan fingerprint density at radius 2 is 0.471 bits per heavy atom. The Bertz CT molecular complexity index is 445. The van der Waals surface area contributed by atoms with E-state index in [1.165, 1.54) is 154 Å². The number of unbranched alkanes of at least 4 members (excludes halogenated alkanes) is 24. The molecule has 0 radical (unpaired) electrons. The third kappa shape index (κ3) is 31.0. The molecule has 0 saturated heterocycles. The van der Waals surface area contributed by atoms with Crippen LogP contribution in [0, 0.1) is 23.7 Å². The molecule has 0 aromatic carbocycles. The summed E-state index contributed by atoms with van der Waals surface area (Å²) in [4.78, 5) is 0. The van der Waals surface area contributed by atoms with Gasteiger partial charge in [0.2, 0.25) is 0 Å². The molecule has 0 aromatic heterocycles. The summed E-state index contributed by atoms with van der Waals surface area (Å²) in [7, 11) is 0. The van der Waals surface area contributed by atoms with E-state index in [-0.39, 0.29) is 0 Å². The van der Waals surface area contributed by atoms with E-state index >= 15 is 0 Å². The SMILES string of the molecule is NCCCCCCCCCCCCCCC#CC#CCCCCCCCCCCCCCCN. The molecule has 0 aliphatic carbocycles. The molecule has 0 saturated carbocycles. The van der Waals surface area contributed by atoms with Crippen LogP contribution in [0.3, 0.4) is 0 Å². The first kappa shape index (κ1) is 33.0. The van der Waals surface area contributed by atoms with E-state index in [9.17, 15) is 0 Å². The summed E-state index contributed by atoms with van der Waals surface area (Å²) in [5, 5.41) is 0. The maximum atomic E-state index is 5.52. The summed E-state index contributed by atoms with van der Waals surface area (Å²) in [6, 6.07) is 0. The minimum Gasteiger partial charge on any atom is -0.330 e. The van der Waals surface area contributed by atoms with Crippen LogP contribution >= 0.6 is 0 Å². The molecule has 34 heavy (non-hydrogen) atoms. The van der Waals surface area contributed by atoms with Crippen molar-refractivity contribution in [1.82, 2.24) is 0 Å². The van der Waals surface area contributed by atoms with E-state index in [0.717, 1.165) is 25.9 Å². The maximum absolute atomic E-state index is 5.52. The van der Waals surface area contributed by atoms with Crippen LogP contribution < -0.4 is 11.5 Å². The topological polar surface area (TPSA) is 52.0 Å². The normalized spacial score (nSPS) is 10.5. The fraction of sp³-hybridized carbons (Fsp3) is 0.875. The molecule has 0 aliphatic heterocycles. The van der Waals surface area contributed by atoms with Gasteiger partial charge in [0.15, 0.2) is 0 Å². The van der Waals surface area contributed by atoms with Crippen molar-refractivity contribution >= 4 is 0 Å². The van der Waals surface area contributed by atoms with Gasteiger partial charge in [0.25, 0.3) is 0 Å². The van der Waals surface area contributed by atoms with Crippen LogP contribution in [0.4, 0.5) is 0 Å². The third-order valence-electron chi connectivity index (χ3n) is 6.75. The summed E-state index contributed by atoms with van der Waals surface area (Å²) >= 11 is 0. The van der Waals surface area contributed by atoms with Gasteiger partial charge in [0, 0.05) is 12.8 Å². The predicted octanol–water partition coefficient (Wildman–Crippen LogP) is 9.05. The second-order valence-electron chi connectivity index (χ2n) is 10.2. The fourth-order valence-electron chi connectivity index (χ4n) is 4.46. The highest BCUT2D eigenvalue weighted by atomic mass is 14.5. The highest BCUT2D eigenvalue weighted by molar-refractivity contribution is 5.25. The standard InChI is InChI=1S/C32H60N2/c33-31-29-27-25-23-21-19-17-15-13-11-9-7-5-3-1-2-4-6-8-10-12-14-16-18-20-22-24-26-28-30-32-34/h5-34H2. The zero-order chi connectivity index (χ0) is 24.6. The van der Waals surface area contributed by atoms with E-state index in [2.05, 4.69) is 23.7 Å². The minimum absolute atomic E-state index is 0.858. The van der Waals surface area contributed by atoms with E-state index in [4.69, 9.17) is 11.5 Å². The fourth-order valence-corrected chi connectivity index (χ4v) is 4.46. The first-order chi connectivity index (χ1) is 16.9. The van der Waals surface area contributed by atoms with E-state index in [0.29, 0.717) is 0 Å². The molecule has 2 nitrogen and oxygen atoms in total. The van der Waals surface area contributed by atoms with Crippen molar-refractivity contribution in [1.29, 1.82) is 0 Å². The molecule has 0 bridgehead atoms. The van der Waals surface area contributed by atoms with Crippen molar-refractivity contribution in [3.8, 4) is 23.7 Å². The van der Waals surface area contributed by atoms with Crippen LogP contribution in [0.1, 0.15) is 167 Å². The van der Waals surface area contributed by atoms with Crippen LogP contribution in [-0.4, -0.2) is 13.1 Å². The monoisotopic (exact) mass is 472 g/mol. The smallest absolute Gasteiger partial charge is 0.00989 e. The number of rotatable bonds is 26. The van der Waals surface area contributed by atoms with Crippen molar-refractivity contribution in [2.45, 2.75) is 167 Å². The van der Waals surface area contributed by atoms with Gasteiger partial charge in [-0.1, -0.05) is 140 Å². The highest BCUT2D eigenvalue weighted by Crippen LogP contribution is 2.13. The molecule has 0 fully saturated rings. The average molecular weight is 473 g/mol. The van der Waals surface area contributed by atoms with Crippen LogP contribution in [-0.2, 0) is 0 Å². The third-order valence-corrected chi connectivity index (χ3v) is 6.75. The van der Waals surface area contributed by atoms with Gasteiger partial charge in [-0.25, -0.2) is 0 Å². The van der Waals surface area contributed by atoms with Crippen molar-refractivity contribution in [3.05, 3.63) is 0 Å². The molecule has 0 unspecified atom stereocenters. The second kappa shape index (κ2) is 32.0. The van der Waals surface area contributed by atoms with E-state index in [1.54, 1.807) is 0 Å². The summed E-state index contributed by atoms with van der Waals surface area (Å²) in [5.74, 6) is 12.6. The van der Waals surface area contributed by atoms with Gasteiger partial charge in [-0.2, -0.15) is 0 Å². The summed E-state index contributed by atoms with van der Waals surface area (Å²) < 4.78 is 0. The van der Waals surface area contributed by atoms with Gasteiger partial charge in [-0.15, -0.1) is 0 Å². The number of hydrogen-bond donors (Lipinski definition) is 2. The molecule has 4 N–H and O–H groups in total. The Hall–Kier alpha value is -0.960. The van der Waals surface area contributed by atoms with Crippen molar-refractivity contribution in [3.63, 3.8) is 0 Å². The average Bonchev–Trinajstić information content (AvgIpc) is 2.85. The van der Waals surface area contributed by atoms with E-state index < -0.39 is 0 Å². The molecule has 0 heterocycles. The van der Waals surface area contributed by atoms with Gasteiger partial charge in [0.05, 0.1) is 0 Å². The lowest BCUT2D eigenvalue weighted by molar-refractivity contribution is 0.543. The Morgan fingerprint density at radius 3 is 0.706 bits per heavy atom. The van der Waals surface area contributed by atoms with Crippen molar-refractivity contribution in [2.24, 2.45) is 11.5 Å². The molecule has 0 atom stereocenters. The Labute approximate surface area is 215 Å². The second-order valence-corrected chi connectivity index (χ2v) is 10.2.